The van der Waals surface area contributed by atoms with Gasteiger partial charge in [-0.15, -0.1) is 0 Å². The highest BCUT2D eigenvalue weighted by Crippen LogP contribution is 2.19. The maximum atomic E-state index is 11.8. The molecule has 0 amide bonds. The fourth-order valence-electron chi connectivity index (χ4n) is 1.24. The van der Waals surface area contributed by atoms with E-state index in [0.29, 0.717) is 11.3 Å². The summed E-state index contributed by atoms with van der Waals surface area (Å²) in [5.74, 6) is -1.04. The van der Waals surface area contributed by atoms with Gasteiger partial charge in [-0.25, -0.2) is 0 Å². The van der Waals surface area contributed by atoms with Gasteiger partial charge in [0, 0.05) is 11.3 Å². The van der Waals surface area contributed by atoms with E-state index in [9.17, 15) is 9.59 Å². The molecule has 0 saturated heterocycles. The van der Waals surface area contributed by atoms with Crippen molar-refractivity contribution in [2.24, 2.45) is 0 Å². The molecule has 0 bridgehead atoms. The summed E-state index contributed by atoms with van der Waals surface area (Å²) in [6.45, 7) is 1.53. The summed E-state index contributed by atoms with van der Waals surface area (Å²) in [4.78, 5) is 21.9. The van der Waals surface area contributed by atoms with Gasteiger partial charge in [-0.05, 0) is 19.1 Å². The zero-order valence-corrected chi connectivity index (χ0v) is 10.3. The number of para-hydroxylation sites is 1. The number of rotatable bonds is 5. The van der Waals surface area contributed by atoms with Crippen molar-refractivity contribution in [1.29, 1.82) is 0 Å². The zero-order chi connectivity index (χ0) is 12.1. The highest BCUT2D eigenvalue weighted by atomic mass is 79.9. The molecule has 86 valence electrons. The number of Topliss-reactive ketones (excluding diaryl/α,β-unsaturated/α-hetero) is 1. The predicted octanol–water partition coefficient (Wildman–Crippen LogP) is 2.15. The number of nitrogens with one attached hydrogen (secondary N) is 1. The van der Waals surface area contributed by atoms with E-state index in [2.05, 4.69) is 21.2 Å². The van der Waals surface area contributed by atoms with Crippen LogP contribution in [0.4, 0.5) is 5.69 Å². The molecule has 1 atom stereocenters. The number of carbonyl (C=O) groups excluding carboxylic acids is 1. The topological polar surface area (TPSA) is 66.4 Å². The van der Waals surface area contributed by atoms with E-state index in [1.54, 1.807) is 31.2 Å². The van der Waals surface area contributed by atoms with Gasteiger partial charge in [0.1, 0.15) is 6.54 Å². The first-order valence-electron chi connectivity index (χ1n) is 4.75. The van der Waals surface area contributed by atoms with Gasteiger partial charge in [0.2, 0.25) is 0 Å². The smallest absolute Gasteiger partial charge is 0.322 e. The lowest BCUT2D eigenvalue weighted by Crippen LogP contribution is -2.17. The average Bonchev–Trinajstić information content (AvgIpc) is 2.25. The molecule has 16 heavy (non-hydrogen) atoms. The maximum Gasteiger partial charge on any atom is 0.322 e. The van der Waals surface area contributed by atoms with E-state index in [4.69, 9.17) is 5.11 Å². The van der Waals surface area contributed by atoms with Gasteiger partial charge in [-0.1, -0.05) is 28.1 Å². The van der Waals surface area contributed by atoms with E-state index in [1.165, 1.54) is 0 Å². The Bertz CT molecular complexity index is 404. The van der Waals surface area contributed by atoms with Crippen molar-refractivity contribution in [2.45, 2.75) is 11.8 Å². The number of carbonyl (C=O) groups is 2. The van der Waals surface area contributed by atoms with Crippen molar-refractivity contribution in [3.05, 3.63) is 29.8 Å². The Balaban J connectivity index is 2.91. The number of carboxylic acid groups (broad SMARTS) is 1. The van der Waals surface area contributed by atoms with E-state index >= 15 is 0 Å². The fraction of sp³-hybridized carbons (Fsp3) is 0.273. The highest BCUT2D eigenvalue weighted by Gasteiger charge is 2.15. The van der Waals surface area contributed by atoms with Gasteiger partial charge in [-0.2, -0.15) is 0 Å². The lowest BCUT2D eigenvalue weighted by Gasteiger charge is -2.10. The molecular formula is C11H12BrNO3. The van der Waals surface area contributed by atoms with Crippen LogP contribution >= 0.6 is 15.9 Å². The molecule has 0 heterocycles. The summed E-state index contributed by atoms with van der Waals surface area (Å²) < 4.78 is 0. The van der Waals surface area contributed by atoms with Crippen LogP contribution in [0.5, 0.6) is 0 Å². The summed E-state index contributed by atoms with van der Waals surface area (Å²) in [6, 6.07) is 6.85. The Kier molecular flexibility index (Phi) is 4.49. The summed E-state index contributed by atoms with van der Waals surface area (Å²) in [5.41, 5.74) is 1.04. The summed E-state index contributed by atoms with van der Waals surface area (Å²) in [5, 5.41) is 11.3. The third-order valence-corrected chi connectivity index (χ3v) is 2.40. The Morgan fingerprint density at radius 2 is 2.06 bits per heavy atom. The first-order valence-corrected chi connectivity index (χ1v) is 5.67. The first-order chi connectivity index (χ1) is 7.52. The molecule has 0 saturated carbocycles. The van der Waals surface area contributed by atoms with Crippen LogP contribution in [-0.2, 0) is 4.79 Å². The second-order valence-electron chi connectivity index (χ2n) is 3.27. The van der Waals surface area contributed by atoms with Crippen molar-refractivity contribution < 1.29 is 14.7 Å². The molecule has 2 N–H and O–H groups in total. The molecule has 1 rings (SSSR count). The Labute approximate surface area is 102 Å². The second kappa shape index (κ2) is 5.65. The number of anilines is 1. The number of aliphatic carboxylic acids is 1. The number of carboxylic acids is 1. The van der Waals surface area contributed by atoms with Gasteiger partial charge in [0.05, 0.1) is 4.83 Å². The zero-order valence-electron chi connectivity index (χ0n) is 8.74. The Morgan fingerprint density at radius 3 is 2.62 bits per heavy atom. The number of ketones is 1. The van der Waals surface area contributed by atoms with E-state index in [1.807, 2.05) is 0 Å². The lowest BCUT2D eigenvalue weighted by molar-refractivity contribution is -0.134. The molecule has 1 aromatic carbocycles. The molecule has 0 aromatic heterocycles. The van der Waals surface area contributed by atoms with Crippen molar-refractivity contribution >= 4 is 33.4 Å². The van der Waals surface area contributed by atoms with Crippen LogP contribution in [0.1, 0.15) is 17.3 Å². The van der Waals surface area contributed by atoms with Crippen LogP contribution in [0.3, 0.4) is 0 Å². The number of hydrogen-bond donors (Lipinski definition) is 2. The largest absolute Gasteiger partial charge is 0.480 e. The molecule has 0 spiro atoms. The highest BCUT2D eigenvalue weighted by molar-refractivity contribution is 9.10. The fourth-order valence-corrected chi connectivity index (χ4v) is 1.48. The Hall–Kier alpha value is -1.36. The monoisotopic (exact) mass is 285 g/mol. The molecule has 0 aliphatic heterocycles. The number of halogens is 1. The molecule has 5 heteroatoms. The van der Waals surface area contributed by atoms with Crippen LogP contribution in [0, 0.1) is 0 Å². The summed E-state index contributed by atoms with van der Waals surface area (Å²) in [7, 11) is 0. The second-order valence-corrected chi connectivity index (χ2v) is 4.65. The maximum absolute atomic E-state index is 11.8. The SMILES string of the molecule is CC(Br)C(=O)c1ccccc1NCC(=O)O. The third kappa shape index (κ3) is 3.34. The normalized spacial score (nSPS) is 11.9. The van der Waals surface area contributed by atoms with Gasteiger partial charge < -0.3 is 10.4 Å². The van der Waals surface area contributed by atoms with E-state index in [-0.39, 0.29) is 17.2 Å². The van der Waals surface area contributed by atoms with Gasteiger partial charge in [-0.3, -0.25) is 9.59 Å². The molecule has 0 fully saturated rings. The standard InChI is InChI=1S/C11H12BrNO3/c1-7(12)11(16)8-4-2-3-5-9(8)13-6-10(14)15/h2-5,7,13H,6H2,1H3,(H,14,15). The summed E-state index contributed by atoms with van der Waals surface area (Å²) >= 11 is 3.20. The van der Waals surface area contributed by atoms with Gasteiger partial charge in [0.15, 0.2) is 5.78 Å². The van der Waals surface area contributed by atoms with Crippen LogP contribution in [0.2, 0.25) is 0 Å². The van der Waals surface area contributed by atoms with Crippen LogP contribution in [0.15, 0.2) is 24.3 Å². The average molecular weight is 286 g/mol. The van der Waals surface area contributed by atoms with Crippen molar-refractivity contribution in [1.82, 2.24) is 0 Å². The quantitative estimate of drug-likeness (QED) is 0.643. The lowest BCUT2D eigenvalue weighted by atomic mass is 10.1. The number of benzene rings is 1. The van der Waals surface area contributed by atoms with E-state index in [0.717, 1.165) is 0 Å². The van der Waals surface area contributed by atoms with Crippen molar-refractivity contribution in [3.8, 4) is 0 Å². The van der Waals surface area contributed by atoms with Gasteiger partial charge >= 0.3 is 5.97 Å². The minimum atomic E-state index is -0.964. The predicted molar refractivity (Wildman–Crippen MR) is 65.3 cm³/mol. The van der Waals surface area contributed by atoms with Crippen LogP contribution < -0.4 is 5.32 Å². The molecule has 1 aromatic rings. The summed E-state index contributed by atoms with van der Waals surface area (Å²) in [6.07, 6.45) is 0. The van der Waals surface area contributed by atoms with E-state index < -0.39 is 5.97 Å². The first kappa shape index (κ1) is 12.7. The van der Waals surface area contributed by atoms with Crippen LogP contribution in [0.25, 0.3) is 0 Å². The van der Waals surface area contributed by atoms with Crippen LogP contribution in [-0.4, -0.2) is 28.2 Å². The number of hydrogen-bond acceptors (Lipinski definition) is 3. The van der Waals surface area contributed by atoms with Gasteiger partial charge in [0.25, 0.3) is 0 Å². The molecule has 1 unspecified atom stereocenters. The molecular weight excluding hydrogens is 274 g/mol. The molecule has 0 aliphatic rings. The third-order valence-electron chi connectivity index (χ3n) is 1.98. The van der Waals surface area contributed by atoms with Crippen molar-refractivity contribution in [2.75, 3.05) is 11.9 Å². The minimum absolute atomic E-state index is 0.0755. The van der Waals surface area contributed by atoms with Crippen molar-refractivity contribution in [3.63, 3.8) is 0 Å². The minimum Gasteiger partial charge on any atom is -0.480 e. The number of alkyl halides is 1. The Morgan fingerprint density at radius 1 is 1.44 bits per heavy atom. The molecule has 4 nitrogen and oxygen atoms in total. The molecule has 0 aliphatic carbocycles. The molecule has 0 radical (unpaired) electrons.